The number of furan rings is 1. The molecular formula is C40H24N2O. The molecule has 3 heterocycles. The highest BCUT2D eigenvalue weighted by Gasteiger charge is 2.22. The lowest BCUT2D eigenvalue weighted by Gasteiger charge is -2.11. The van der Waals surface area contributed by atoms with Crippen LogP contribution in [0.3, 0.4) is 0 Å². The summed E-state index contributed by atoms with van der Waals surface area (Å²) in [4.78, 5) is 0. The zero-order chi connectivity index (χ0) is 28.1. The second-order valence-electron chi connectivity index (χ2n) is 11.4. The van der Waals surface area contributed by atoms with E-state index in [-0.39, 0.29) is 0 Å². The molecule has 7 aromatic carbocycles. The van der Waals surface area contributed by atoms with Crippen molar-refractivity contribution in [2.75, 3.05) is 0 Å². The first-order valence-corrected chi connectivity index (χ1v) is 14.7. The van der Waals surface area contributed by atoms with Gasteiger partial charge in [-0.2, -0.15) is 0 Å². The summed E-state index contributed by atoms with van der Waals surface area (Å²) < 4.78 is 11.5. The van der Waals surface area contributed by atoms with E-state index >= 15 is 0 Å². The third-order valence-electron chi connectivity index (χ3n) is 9.07. The fraction of sp³-hybridized carbons (Fsp3) is 0. The molecule has 0 saturated carbocycles. The van der Waals surface area contributed by atoms with Crippen LogP contribution in [0.2, 0.25) is 0 Å². The molecule has 0 N–H and O–H groups in total. The molecular weight excluding hydrogens is 524 g/mol. The van der Waals surface area contributed by atoms with Crippen molar-refractivity contribution < 1.29 is 4.42 Å². The third-order valence-corrected chi connectivity index (χ3v) is 9.07. The average Bonchev–Trinajstić information content (AvgIpc) is 3.71. The summed E-state index contributed by atoms with van der Waals surface area (Å²) in [5, 5.41) is 9.56. The first kappa shape index (κ1) is 22.8. The monoisotopic (exact) mass is 548 g/mol. The minimum absolute atomic E-state index is 0.915. The van der Waals surface area contributed by atoms with Gasteiger partial charge in [-0.15, -0.1) is 0 Å². The topological polar surface area (TPSA) is 23.0 Å². The molecule has 0 fully saturated rings. The van der Waals surface area contributed by atoms with E-state index in [2.05, 4.69) is 149 Å². The fourth-order valence-electron chi connectivity index (χ4n) is 7.19. The molecule has 10 rings (SSSR count). The van der Waals surface area contributed by atoms with Gasteiger partial charge in [0.05, 0.1) is 27.5 Å². The molecule has 0 unspecified atom stereocenters. The van der Waals surface area contributed by atoms with Crippen molar-refractivity contribution >= 4 is 76.3 Å². The molecule has 3 heteroatoms. The molecule has 0 aliphatic carbocycles. The molecule has 0 bridgehead atoms. The van der Waals surface area contributed by atoms with Crippen molar-refractivity contribution in [3.63, 3.8) is 0 Å². The standard InChI is InChI=1S/C40H24N2O/c1-2-12-27(13-3-1)41-34-16-8-6-14-29(34)32-23-33-37(24-36(32)41)42(28-19-18-25-10-4-5-11-26(25)22-28)35-21-20-31-30-15-7-9-17-38(30)43-40(31)39(33)35/h1-24H. The molecule has 200 valence electrons. The Labute approximate surface area is 246 Å². The quantitative estimate of drug-likeness (QED) is 0.211. The maximum atomic E-state index is 6.65. The molecule has 0 amide bonds. The molecule has 0 spiro atoms. The van der Waals surface area contributed by atoms with Crippen molar-refractivity contribution in [1.82, 2.24) is 9.13 Å². The normalized spacial score (nSPS) is 12.2. The maximum Gasteiger partial charge on any atom is 0.145 e. The highest BCUT2D eigenvalue weighted by atomic mass is 16.3. The van der Waals surface area contributed by atoms with Crippen LogP contribution in [-0.2, 0) is 0 Å². The molecule has 43 heavy (non-hydrogen) atoms. The summed E-state index contributed by atoms with van der Waals surface area (Å²) in [6.45, 7) is 0. The van der Waals surface area contributed by atoms with Crippen LogP contribution in [0.15, 0.2) is 150 Å². The Morgan fingerprint density at radius 2 is 1.09 bits per heavy atom. The van der Waals surface area contributed by atoms with Gasteiger partial charge < -0.3 is 13.6 Å². The lowest BCUT2D eigenvalue weighted by molar-refractivity contribution is 0.673. The van der Waals surface area contributed by atoms with E-state index in [1.807, 2.05) is 6.07 Å². The number of benzene rings is 7. The van der Waals surface area contributed by atoms with Crippen LogP contribution >= 0.6 is 0 Å². The van der Waals surface area contributed by atoms with Crippen LogP contribution < -0.4 is 0 Å². The first-order valence-electron chi connectivity index (χ1n) is 14.7. The Bertz CT molecular complexity index is 2720. The lowest BCUT2D eigenvalue weighted by Crippen LogP contribution is -1.95. The van der Waals surface area contributed by atoms with Crippen LogP contribution in [0, 0.1) is 0 Å². The van der Waals surface area contributed by atoms with E-state index < -0.39 is 0 Å². The zero-order valence-corrected chi connectivity index (χ0v) is 23.2. The van der Waals surface area contributed by atoms with Crippen molar-refractivity contribution in [3.8, 4) is 11.4 Å². The lowest BCUT2D eigenvalue weighted by atomic mass is 10.1. The van der Waals surface area contributed by atoms with E-state index in [1.54, 1.807) is 0 Å². The van der Waals surface area contributed by atoms with Gasteiger partial charge in [0.15, 0.2) is 0 Å². The van der Waals surface area contributed by atoms with Crippen molar-refractivity contribution in [2.24, 2.45) is 0 Å². The second kappa shape index (κ2) is 8.37. The second-order valence-corrected chi connectivity index (χ2v) is 11.4. The van der Waals surface area contributed by atoms with E-state index in [9.17, 15) is 0 Å². The number of fused-ring (bicyclic) bond motifs is 11. The largest absolute Gasteiger partial charge is 0.455 e. The maximum absolute atomic E-state index is 6.65. The van der Waals surface area contributed by atoms with E-state index in [1.165, 1.54) is 38.0 Å². The molecule has 0 radical (unpaired) electrons. The first-order chi connectivity index (χ1) is 21.3. The van der Waals surface area contributed by atoms with Crippen LogP contribution in [0.25, 0.3) is 87.7 Å². The predicted octanol–water partition coefficient (Wildman–Crippen LogP) is 10.9. The highest BCUT2D eigenvalue weighted by molar-refractivity contribution is 6.26. The van der Waals surface area contributed by atoms with Crippen molar-refractivity contribution in [2.45, 2.75) is 0 Å². The highest BCUT2D eigenvalue weighted by Crippen LogP contribution is 2.43. The Balaban J connectivity index is 1.43. The summed E-state index contributed by atoms with van der Waals surface area (Å²) in [7, 11) is 0. The fourth-order valence-corrected chi connectivity index (χ4v) is 7.19. The molecule has 0 aliphatic rings. The van der Waals surface area contributed by atoms with Crippen LogP contribution in [0.5, 0.6) is 0 Å². The Morgan fingerprint density at radius 1 is 0.372 bits per heavy atom. The number of aromatic nitrogens is 2. The van der Waals surface area contributed by atoms with Crippen LogP contribution in [0.4, 0.5) is 0 Å². The predicted molar refractivity (Wildman–Crippen MR) is 180 cm³/mol. The molecule has 3 aromatic heterocycles. The smallest absolute Gasteiger partial charge is 0.145 e. The molecule has 0 atom stereocenters. The molecule has 0 aliphatic heterocycles. The number of hydrogen-bond donors (Lipinski definition) is 0. The molecule has 3 nitrogen and oxygen atoms in total. The van der Waals surface area contributed by atoms with Gasteiger partial charge in [0, 0.05) is 38.3 Å². The van der Waals surface area contributed by atoms with Crippen molar-refractivity contribution in [1.29, 1.82) is 0 Å². The van der Waals surface area contributed by atoms with Gasteiger partial charge in [-0.3, -0.25) is 0 Å². The third kappa shape index (κ3) is 3.08. The Kier molecular flexibility index (Phi) is 4.45. The van der Waals surface area contributed by atoms with Gasteiger partial charge in [-0.25, -0.2) is 0 Å². The average molecular weight is 549 g/mol. The van der Waals surface area contributed by atoms with Gasteiger partial charge >= 0.3 is 0 Å². The number of para-hydroxylation sites is 3. The number of rotatable bonds is 2. The summed E-state index contributed by atoms with van der Waals surface area (Å²) in [5.74, 6) is 0. The van der Waals surface area contributed by atoms with Crippen LogP contribution in [-0.4, -0.2) is 9.13 Å². The van der Waals surface area contributed by atoms with Gasteiger partial charge in [0.1, 0.15) is 11.2 Å². The molecule has 0 saturated heterocycles. The summed E-state index contributed by atoms with van der Waals surface area (Å²) in [6.07, 6.45) is 0. The van der Waals surface area contributed by atoms with Gasteiger partial charge in [-0.05, 0) is 71.4 Å². The summed E-state index contributed by atoms with van der Waals surface area (Å²) >= 11 is 0. The molecule has 10 aromatic rings. The zero-order valence-electron chi connectivity index (χ0n) is 23.2. The van der Waals surface area contributed by atoms with Crippen molar-refractivity contribution in [3.05, 3.63) is 146 Å². The van der Waals surface area contributed by atoms with Gasteiger partial charge in [0.2, 0.25) is 0 Å². The van der Waals surface area contributed by atoms with Crippen LogP contribution in [0.1, 0.15) is 0 Å². The van der Waals surface area contributed by atoms with Gasteiger partial charge in [0.25, 0.3) is 0 Å². The minimum atomic E-state index is 0.915. The minimum Gasteiger partial charge on any atom is -0.455 e. The number of hydrogen-bond acceptors (Lipinski definition) is 1. The van der Waals surface area contributed by atoms with E-state index in [4.69, 9.17) is 4.42 Å². The Hall–Kier alpha value is -5.80. The number of nitrogens with zero attached hydrogens (tertiary/aromatic N) is 2. The summed E-state index contributed by atoms with van der Waals surface area (Å²) in [5.41, 5.74) is 8.83. The van der Waals surface area contributed by atoms with E-state index in [0.29, 0.717) is 0 Å². The summed E-state index contributed by atoms with van der Waals surface area (Å²) in [6, 6.07) is 52.3. The van der Waals surface area contributed by atoms with Gasteiger partial charge in [-0.1, -0.05) is 84.9 Å². The SMILES string of the molecule is c1ccc(-n2c3ccccc3c3cc4c5c6oc7ccccc7c6ccc5n(-c5ccc6ccccc6c5)c4cc32)cc1. The van der Waals surface area contributed by atoms with E-state index in [0.717, 1.165) is 49.7 Å². The Morgan fingerprint density at radius 3 is 2.00 bits per heavy atom.